The van der Waals surface area contributed by atoms with Gasteiger partial charge in [-0.05, 0) is 55.0 Å². The number of sulfone groups is 1. The number of nitrogens with one attached hydrogen (secondary N) is 1. The van der Waals surface area contributed by atoms with Crippen molar-refractivity contribution in [3.63, 3.8) is 0 Å². The van der Waals surface area contributed by atoms with Crippen LogP contribution in [0.1, 0.15) is 30.7 Å². The molecular formula is C28H27N3O7S3. The second-order valence-corrected chi connectivity index (χ2v) is 13.6. The van der Waals surface area contributed by atoms with Crippen LogP contribution in [-0.2, 0) is 24.1 Å². The molecule has 1 saturated heterocycles. The number of thiophene rings is 1. The molecule has 6 rings (SSSR count). The molecule has 13 heteroatoms. The van der Waals surface area contributed by atoms with Crippen LogP contribution in [0.4, 0.5) is 21.3 Å². The van der Waals surface area contributed by atoms with Crippen LogP contribution in [0, 0.1) is 5.92 Å². The van der Waals surface area contributed by atoms with Crippen molar-refractivity contribution < 1.29 is 32.2 Å². The molecule has 41 heavy (non-hydrogen) atoms. The average molecular weight is 614 g/mol. The zero-order valence-corrected chi connectivity index (χ0v) is 24.7. The second-order valence-electron chi connectivity index (χ2n) is 9.90. The normalized spacial score (nSPS) is 17.0. The van der Waals surface area contributed by atoms with Gasteiger partial charge >= 0.3 is 6.16 Å². The summed E-state index contributed by atoms with van der Waals surface area (Å²) in [6.45, 7) is 1.29. The van der Waals surface area contributed by atoms with Crippen molar-refractivity contribution in [2.45, 2.75) is 35.0 Å². The first-order valence-electron chi connectivity index (χ1n) is 13.0. The Morgan fingerprint density at radius 3 is 2.68 bits per heavy atom. The average Bonchev–Trinajstić information content (AvgIpc) is 3.55. The number of benzene rings is 2. The molecule has 0 bridgehead atoms. The number of rotatable bonds is 6. The second kappa shape index (κ2) is 11.0. The third-order valence-corrected chi connectivity index (χ3v) is 11.3. The minimum atomic E-state index is -3.71. The van der Waals surface area contributed by atoms with Gasteiger partial charge in [-0.2, -0.15) is 0 Å². The van der Waals surface area contributed by atoms with E-state index in [-0.39, 0.29) is 21.6 Å². The van der Waals surface area contributed by atoms with E-state index in [0.717, 1.165) is 18.4 Å². The van der Waals surface area contributed by atoms with E-state index >= 15 is 0 Å². The molecule has 214 valence electrons. The number of thiazole rings is 1. The summed E-state index contributed by atoms with van der Waals surface area (Å²) >= 11 is 2.51. The monoisotopic (exact) mass is 613 g/mol. The topological polar surface area (TPSA) is 124 Å². The van der Waals surface area contributed by atoms with E-state index in [1.807, 2.05) is 24.1 Å². The van der Waals surface area contributed by atoms with Crippen molar-refractivity contribution in [3.8, 4) is 5.75 Å². The molecule has 1 N–H and O–H groups in total. The molecule has 0 aliphatic carbocycles. The van der Waals surface area contributed by atoms with Gasteiger partial charge in [-0.1, -0.05) is 29.5 Å². The summed E-state index contributed by atoms with van der Waals surface area (Å²) in [5, 5.41) is 5.02. The van der Waals surface area contributed by atoms with Crippen molar-refractivity contribution in [2.75, 3.05) is 37.6 Å². The molecule has 0 spiro atoms. The van der Waals surface area contributed by atoms with Gasteiger partial charge in [0.1, 0.15) is 9.53 Å². The van der Waals surface area contributed by atoms with Crippen LogP contribution in [0.3, 0.4) is 0 Å². The van der Waals surface area contributed by atoms with Gasteiger partial charge in [0.15, 0.2) is 10.9 Å². The van der Waals surface area contributed by atoms with E-state index in [2.05, 4.69) is 15.0 Å². The maximum Gasteiger partial charge on any atom is 0.513 e. The van der Waals surface area contributed by atoms with E-state index in [4.69, 9.17) is 9.47 Å². The van der Waals surface area contributed by atoms with Crippen LogP contribution in [0.2, 0.25) is 0 Å². The first kappa shape index (κ1) is 27.6. The van der Waals surface area contributed by atoms with E-state index < -0.39 is 21.9 Å². The first-order valence-corrected chi connectivity index (χ1v) is 16.2. The number of ether oxygens (including phenoxy) is 3. The number of hydrogen-bond acceptors (Lipinski definition) is 11. The third-order valence-electron chi connectivity index (χ3n) is 7.47. The van der Waals surface area contributed by atoms with E-state index in [1.54, 1.807) is 35.7 Å². The minimum absolute atomic E-state index is 0.214. The van der Waals surface area contributed by atoms with E-state index in [0.29, 0.717) is 51.4 Å². The molecule has 1 atom stereocenters. The number of carbonyl (C=O) groups is 2. The van der Waals surface area contributed by atoms with Gasteiger partial charge in [0.2, 0.25) is 15.7 Å². The molecule has 2 aromatic carbocycles. The van der Waals surface area contributed by atoms with Gasteiger partial charge in [0.05, 0.1) is 34.2 Å². The molecule has 2 aromatic heterocycles. The Morgan fingerprint density at radius 2 is 1.90 bits per heavy atom. The molecule has 0 radical (unpaired) electrons. The molecular weight excluding hydrogens is 587 g/mol. The van der Waals surface area contributed by atoms with Crippen LogP contribution in [0.25, 0.3) is 9.53 Å². The first-order chi connectivity index (χ1) is 19.8. The maximum atomic E-state index is 13.9. The van der Waals surface area contributed by atoms with Gasteiger partial charge < -0.3 is 24.4 Å². The SMILES string of the molecule is COC(=O)Oc1csc2nc(NC(=O)C(CC3CCOCC3)c3ccc4c(c3)N(C)c3ccccc3S4(=O)=O)sc12. The van der Waals surface area contributed by atoms with Gasteiger partial charge in [-0.3, -0.25) is 4.79 Å². The summed E-state index contributed by atoms with van der Waals surface area (Å²) in [4.78, 5) is 32.9. The maximum absolute atomic E-state index is 13.9. The molecule has 4 heterocycles. The predicted molar refractivity (Wildman–Crippen MR) is 156 cm³/mol. The molecule has 1 amide bonds. The van der Waals surface area contributed by atoms with Crippen LogP contribution in [0.15, 0.2) is 57.6 Å². The number of hydrogen-bond donors (Lipinski definition) is 1. The van der Waals surface area contributed by atoms with Crippen LogP contribution >= 0.6 is 22.7 Å². The van der Waals surface area contributed by atoms with E-state index in [1.165, 1.54) is 29.8 Å². The Balaban J connectivity index is 1.33. The summed E-state index contributed by atoms with van der Waals surface area (Å²) in [5.74, 6) is -0.190. The number of aromatic nitrogens is 1. The summed E-state index contributed by atoms with van der Waals surface area (Å²) < 4.78 is 42.8. The van der Waals surface area contributed by atoms with Gasteiger partial charge in [0.25, 0.3) is 0 Å². The highest BCUT2D eigenvalue weighted by Crippen LogP contribution is 2.45. The van der Waals surface area contributed by atoms with Gasteiger partial charge in [0, 0.05) is 25.6 Å². The Morgan fingerprint density at radius 1 is 1.15 bits per heavy atom. The molecule has 2 aliphatic heterocycles. The number of fused-ring (bicyclic) bond motifs is 3. The quantitative estimate of drug-likeness (QED) is 0.263. The lowest BCUT2D eigenvalue weighted by Gasteiger charge is -2.31. The number of nitrogens with zero attached hydrogens (tertiary/aromatic N) is 2. The summed E-state index contributed by atoms with van der Waals surface area (Å²) in [6, 6.07) is 12.1. The molecule has 1 unspecified atom stereocenters. The van der Waals surface area contributed by atoms with Crippen LogP contribution < -0.4 is 15.0 Å². The van der Waals surface area contributed by atoms with Crippen molar-refractivity contribution in [2.24, 2.45) is 5.92 Å². The molecule has 10 nitrogen and oxygen atoms in total. The lowest BCUT2D eigenvalue weighted by molar-refractivity contribution is -0.118. The highest BCUT2D eigenvalue weighted by atomic mass is 32.2. The summed E-state index contributed by atoms with van der Waals surface area (Å²) in [7, 11) is -0.642. The third kappa shape index (κ3) is 5.18. The van der Waals surface area contributed by atoms with Crippen LogP contribution in [0.5, 0.6) is 5.75 Å². The van der Waals surface area contributed by atoms with Gasteiger partial charge in [-0.15, -0.1) is 11.3 Å². The zero-order valence-electron chi connectivity index (χ0n) is 22.3. The van der Waals surface area contributed by atoms with Crippen LogP contribution in [-0.4, -0.2) is 52.8 Å². The standard InChI is InChI=1S/C28H27N3O7S3/c1-31-19-5-3-4-6-22(19)41(34,35)23-8-7-17(14-20(23)31)18(13-16-9-11-37-12-10-16)25(32)29-27-30-26-24(40-27)21(15-39-26)38-28(33)36-2/h3-8,14-16,18H,9-13H2,1-2H3,(H,29,30,32). The fourth-order valence-electron chi connectivity index (χ4n) is 5.31. The highest BCUT2D eigenvalue weighted by molar-refractivity contribution is 7.92. The largest absolute Gasteiger partial charge is 0.513 e. The fraction of sp³-hybridized carbons (Fsp3) is 0.321. The Bertz CT molecular complexity index is 1740. The minimum Gasteiger partial charge on any atom is -0.437 e. The number of para-hydroxylation sites is 1. The van der Waals surface area contributed by atoms with Crippen molar-refractivity contribution in [1.82, 2.24) is 4.98 Å². The van der Waals surface area contributed by atoms with Crippen molar-refractivity contribution in [3.05, 3.63) is 53.4 Å². The highest BCUT2D eigenvalue weighted by Gasteiger charge is 2.34. The lowest BCUT2D eigenvalue weighted by Crippen LogP contribution is -2.27. The molecule has 2 aliphatic rings. The van der Waals surface area contributed by atoms with Crippen molar-refractivity contribution >= 4 is 70.6 Å². The Hall–Kier alpha value is -3.52. The fourth-order valence-corrected chi connectivity index (χ4v) is 8.96. The number of methoxy groups -OCH3 is 1. The van der Waals surface area contributed by atoms with E-state index in [9.17, 15) is 18.0 Å². The zero-order chi connectivity index (χ0) is 28.7. The summed E-state index contributed by atoms with van der Waals surface area (Å²) in [5.41, 5.74) is 1.85. The van der Waals surface area contributed by atoms with Crippen molar-refractivity contribution in [1.29, 1.82) is 0 Å². The smallest absolute Gasteiger partial charge is 0.437 e. The van der Waals surface area contributed by atoms with Gasteiger partial charge in [-0.25, -0.2) is 18.2 Å². The molecule has 1 fully saturated rings. The number of amides is 1. The number of carbonyl (C=O) groups excluding carboxylic acids is 2. The molecule has 4 aromatic rings. The lowest BCUT2D eigenvalue weighted by atomic mass is 9.84. The summed E-state index contributed by atoms with van der Waals surface area (Å²) in [6.07, 6.45) is 1.44. The molecule has 0 saturated carbocycles. The number of anilines is 3. The Kier molecular flexibility index (Phi) is 7.45. The predicted octanol–water partition coefficient (Wildman–Crippen LogP) is 5.96. The Labute approximate surface area is 244 Å².